The zero-order valence-electron chi connectivity index (χ0n) is 16.4. The van der Waals surface area contributed by atoms with E-state index in [9.17, 15) is 0 Å². The van der Waals surface area contributed by atoms with E-state index in [1.165, 1.54) is 27.0 Å². The molecule has 0 fully saturated rings. The number of thiazole rings is 1. The highest BCUT2D eigenvalue weighted by Crippen LogP contribution is 2.35. The standard InChI is InChI=1S/C25H21N3S/c1-16-8-3-4-10-19(16)24(28-25-27-21-11-5-6-12-22(21)29-25)20-14-13-18-9-7-15-26-23(18)17(20)2/h3-15,24H,1-2H3,(H,27,28). The van der Waals surface area contributed by atoms with Crippen molar-refractivity contribution in [2.45, 2.75) is 19.9 Å². The summed E-state index contributed by atoms with van der Waals surface area (Å²) in [5.41, 5.74) is 7.02. The van der Waals surface area contributed by atoms with Crippen LogP contribution >= 0.6 is 11.3 Å². The third kappa shape index (κ3) is 3.26. The van der Waals surface area contributed by atoms with Crippen molar-refractivity contribution in [2.24, 2.45) is 0 Å². The van der Waals surface area contributed by atoms with Crippen molar-refractivity contribution in [3.63, 3.8) is 0 Å². The summed E-state index contributed by atoms with van der Waals surface area (Å²) in [4.78, 5) is 9.46. The predicted molar refractivity (Wildman–Crippen MR) is 123 cm³/mol. The van der Waals surface area contributed by atoms with Crippen molar-refractivity contribution in [1.82, 2.24) is 9.97 Å². The molecule has 3 aromatic carbocycles. The van der Waals surface area contributed by atoms with Crippen LogP contribution in [-0.4, -0.2) is 9.97 Å². The number of benzene rings is 3. The van der Waals surface area contributed by atoms with Crippen molar-refractivity contribution in [3.05, 3.63) is 101 Å². The molecule has 5 rings (SSSR count). The normalized spacial score (nSPS) is 12.3. The summed E-state index contributed by atoms with van der Waals surface area (Å²) in [6.45, 7) is 4.33. The van der Waals surface area contributed by atoms with E-state index >= 15 is 0 Å². The van der Waals surface area contributed by atoms with E-state index in [-0.39, 0.29) is 6.04 Å². The molecule has 3 nitrogen and oxygen atoms in total. The van der Waals surface area contributed by atoms with Crippen LogP contribution in [0.15, 0.2) is 79.0 Å². The molecule has 2 aromatic heterocycles. The summed E-state index contributed by atoms with van der Waals surface area (Å²) in [7, 11) is 0. The van der Waals surface area contributed by atoms with Crippen LogP contribution in [0, 0.1) is 13.8 Å². The molecule has 0 spiro atoms. The van der Waals surface area contributed by atoms with Gasteiger partial charge in [-0.1, -0.05) is 65.9 Å². The number of rotatable bonds is 4. The second kappa shape index (κ2) is 7.30. The fraction of sp³-hybridized carbons (Fsp3) is 0.120. The van der Waals surface area contributed by atoms with E-state index in [1.807, 2.05) is 18.3 Å². The Morgan fingerprint density at radius 2 is 1.66 bits per heavy atom. The van der Waals surface area contributed by atoms with E-state index in [4.69, 9.17) is 4.98 Å². The SMILES string of the molecule is Cc1ccccc1C(Nc1nc2ccccc2s1)c1ccc2cccnc2c1C. The monoisotopic (exact) mass is 395 g/mol. The summed E-state index contributed by atoms with van der Waals surface area (Å²) >= 11 is 1.69. The Balaban J connectivity index is 1.66. The van der Waals surface area contributed by atoms with Crippen LogP contribution in [0.2, 0.25) is 0 Å². The number of aryl methyl sites for hydroxylation is 2. The van der Waals surface area contributed by atoms with E-state index in [0.29, 0.717) is 0 Å². The zero-order valence-corrected chi connectivity index (χ0v) is 17.2. The average molecular weight is 396 g/mol. The summed E-state index contributed by atoms with van der Waals surface area (Å²) in [5, 5.41) is 5.82. The van der Waals surface area contributed by atoms with E-state index < -0.39 is 0 Å². The van der Waals surface area contributed by atoms with E-state index in [0.717, 1.165) is 21.6 Å². The quantitative estimate of drug-likeness (QED) is 0.369. The summed E-state index contributed by atoms with van der Waals surface area (Å²) < 4.78 is 1.19. The first kappa shape index (κ1) is 17.8. The van der Waals surface area contributed by atoms with Gasteiger partial charge in [-0.25, -0.2) is 4.98 Å². The van der Waals surface area contributed by atoms with Crippen LogP contribution < -0.4 is 5.32 Å². The lowest BCUT2D eigenvalue weighted by molar-refractivity contribution is 0.915. The van der Waals surface area contributed by atoms with Gasteiger partial charge in [0.15, 0.2) is 5.13 Å². The maximum atomic E-state index is 4.82. The molecule has 0 amide bonds. The molecule has 1 unspecified atom stereocenters. The highest BCUT2D eigenvalue weighted by molar-refractivity contribution is 7.22. The van der Waals surface area contributed by atoms with Crippen molar-refractivity contribution in [1.29, 1.82) is 0 Å². The van der Waals surface area contributed by atoms with Gasteiger partial charge in [-0.05, 0) is 54.3 Å². The van der Waals surface area contributed by atoms with Crippen molar-refractivity contribution in [3.8, 4) is 0 Å². The number of hydrogen-bond acceptors (Lipinski definition) is 4. The third-order valence-corrected chi connectivity index (χ3v) is 6.41. The van der Waals surface area contributed by atoms with Gasteiger partial charge in [0.1, 0.15) is 0 Å². The number of hydrogen-bond donors (Lipinski definition) is 1. The van der Waals surface area contributed by atoms with Gasteiger partial charge in [0.05, 0.1) is 21.8 Å². The molecule has 4 heteroatoms. The minimum Gasteiger partial charge on any atom is -0.351 e. The highest BCUT2D eigenvalue weighted by Gasteiger charge is 2.21. The van der Waals surface area contributed by atoms with Crippen LogP contribution in [-0.2, 0) is 0 Å². The molecule has 2 heterocycles. The first-order valence-electron chi connectivity index (χ1n) is 9.72. The molecule has 0 aliphatic carbocycles. The number of anilines is 1. The second-order valence-electron chi connectivity index (χ2n) is 7.28. The first-order chi connectivity index (χ1) is 14.2. The number of para-hydroxylation sites is 1. The molecule has 0 aliphatic rings. The Morgan fingerprint density at radius 3 is 2.52 bits per heavy atom. The fourth-order valence-electron chi connectivity index (χ4n) is 3.91. The summed E-state index contributed by atoms with van der Waals surface area (Å²) in [5.74, 6) is 0. The smallest absolute Gasteiger partial charge is 0.184 e. The minimum absolute atomic E-state index is 0.00293. The molecule has 5 aromatic rings. The Hall–Kier alpha value is -3.24. The number of aromatic nitrogens is 2. The molecular formula is C25H21N3S. The Morgan fingerprint density at radius 1 is 0.828 bits per heavy atom. The largest absolute Gasteiger partial charge is 0.351 e. The molecule has 29 heavy (non-hydrogen) atoms. The topological polar surface area (TPSA) is 37.8 Å². The second-order valence-corrected chi connectivity index (χ2v) is 8.31. The van der Waals surface area contributed by atoms with Crippen LogP contribution in [0.25, 0.3) is 21.1 Å². The molecule has 1 N–H and O–H groups in total. The maximum Gasteiger partial charge on any atom is 0.184 e. The number of nitrogens with zero attached hydrogens (tertiary/aromatic N) is 2. The lowest BCUT2D eigenvalue weighted by atomic mass is 9.91. The van der Waals surface area contributed by atoms with Gasteiger partial charge in [0.2, 0.25) is 0 Å². The third-order valence-electron chi connectivity index (χ3n) is 5.44. The molecule has 0 bridgehead atoms. The number of nitrogens with one attached hydrogen (secondary N) is 1. The van der Waals surface area contributed by atoms with E-state index in [1.54, 1.807) is 11.3 Å². The van der Waals surface area contributed by atoms with Crippen LogP contribution in [0.5, 0.6) is 0 Å². The van der Waals surface area contributed by atoms with Crippen LogP contribution in [0.3, 0.4) is 0 Å². The van der Waals surface area contributed by atoms with Crippen molar-refractivity contribution >= 4 is 37.6 Å². The summed E-state index contributed by atoms with van der Waals surface area (Å²) in [6.07, 6.45) is 1.86. The molecule has 0 radical (unpaired) electrons. The van der Waals surface area contributed by atoms with Gasteiger partial charge in [-0.15, -0.1) is 0 Å². The van der Waals surface area contributed by atoms with Gasteiger partial charge in [0.25, 0.3) is 0 Å². The summed E-state index contributed by atoms with van der Waals surface area (Å²) in [6, 6.07) is 25.3. The van der Waals surface area contributed by atoms with Crippen molar-refractivity contribution in [2.75, 3.05) is 5.32 Å². The fourth-order valence-corrected chi connectivity index (χ4v) is 4.80. The lowest BCUT2D eigenvalue weighted by Gasteiger charge is -2.23. The average Bonchev–Trinajstić information content (AvgIpc) is 3.16. The van der Waals surface area contributed by atoms with Crippen molar-refractivity contribution < 1.29 is 0 Å². The Kier molecular flexibility index (Phi) is 4.49. The van der Waals surface area contributed by atoms with Crippen LogP contribution in [0.1, 0.15) is 28.3 Å². The van der Waals surface area contributed by atoms with Gasteiger partial charge < -0.3 is 5.32 Å². The zero-order chi connectivity index (χ0) is 19.8. The predicted octanol–water partition coefficient (Wildman–Crippen LogP) is 6.66. The Labute approximate surface area is 174 Å². The molecule has 0 saturated heterocycles. The molecular weight excluding hydrogens is 374 g/mol. The molecule has 0 saturated carbocycles. The molecule has 0 aliphatic heterocycles. The number of pyridine rings is 1. The molecule has 142 valence electrons. The molecule has 1 atom stereocenters. The number of fused-ring (bicyclic) bond motifs is 2. The van der Waals surface area contributed by atoms with Crippen LogP contribution in [0.4, 0.5) is 5.13 Å². The van der Waals surface area contributed by atoms with Gasteiger partial charge >= 0.3 is 0 Å². The van der Waals surface area contributed by atoms with E-state index in [2.05, 4.69) is 84.8 Å². The first-order valence-corrected chi connectivity index (χ1v) is 10.5. The van der Waals surface area contributed by atoms with Gasteiger partial charge in [-0.3, -0.25) is 4.98 Å². The van der Waals surface area contributed by atoms with Gasteiger partial charge in [-0.2, -0.15) is 0 Å². The lowest BCUT2D eigenvalue weighted by Crippen LogP contribution is -2.15. The Bertz CT molecular complexity index is 1290. The van der Waals surface area contributed by atoms with Gasteiger partial charge in [0, 0.05) is 11.6 Å². The minimum atomic E-state index is 0.00293. The highest BCUT2D eigenvalue weighted by atomic mass is 32.1. The maximum absolute atomic E-state index is 4.82.